The number of halogens is 2. The van der Waals surface area contributed by atoms with Gasteiger partial charge in [0.25, 0.3) is 0 Å². The molecular formula is C19H28Cl2N2O2. The van der Waals surface area contributed by atoms with Gasteiger partial charge >= 0.3 is 0 Å². The molecule has 25 heavy (non-hydrogen) atoms. The second-order valence-electron chi connectivity index (χ2n) is 7.35. The fraction of sp³-hybridized carbons (Fsp3) is 0.632. The fourth-order valence-electron chi connectivity index (χ4n) is 4.51. The van der Waals surface area contributed by atoms with Crippen LogP contribution in [-0.4, -0.2) is 31.0 Å². The van der Waals surface area contributed by atoms with E-state index >= 15 is 0 Å². The Bertz CT molecular complexity index is 597. The van der Waals surface area contributed by atoms with E-state index in [9.17, 15) is 4.79 Å². The van der Waals surface area contributed by atoms with Crippen LogP contribution >= 0.6 is 24.0 Å². The first-order valence-electron chi connectivity index (χ1n) is 8.82. The third-order valence-corrected chi connectivity index (χ3v) is 6.02. The normalized spacial score (nSPS) is 28.0. The highest BCUT2D eigenvalue weighted by atomic mass is 35.5. The topological polar surface area (TPSA) is 55.6 Å². The van der Waals surface area contributed by atoms with Crippen LogP contribution in [0.4, 0.5) is 0 Å². The Morgan fingerprint density at radius 3 is 2.56 bits per heavy atom. The van der Waals surface area contributed by atoms with Crippen molar-refractivity contribution in [3.63, 3.8) is 0 Å². The molecule has 1 amide bonds. The highest BCUT2D eigenvalue weighted by Crippen LogP contribution is 2.42. The smallest absolute Gasteiger partial charge is 0.225 e. The van der Waals surface area contributed by atoms with Gasteiger partial charge in [0.15, 0.2) is 0 Å². The molecule has 0 spiro atoms. The maximum absolute atomic E-state index is 12.9. The number of hydrogen-bond donors (Lipinski definition) is 1. The summed E-state index contributed by atoms with van der Waals surface area (Å²) in [5.74, 6) is 2.12. The molecule has 2 unspecified atom stereocenters. The number of ether oxygens (including phenoxy) is 1. The average Bonchev–Trinajstić information content (AvgIpc) is 2.54. The van der Waals surface area contributed by atoms with E-state index < -0.39 is 0 Å². The number of nitrogens with zero attached hydrogens (tertiary/aromatic N) is 1. The Morgan fingerprint density at radius 2 is 1.96 bits per heavy atom. The lowest BCUT2D eigenvalue weighted by Crippen LogP contribution is -2.49. The summed E-state index contributed by atoms with van der Waals surface area (Å²) >= 11 is 6.09. The Morgan fingerprint density at radius 1 is 1.32 bits per heavy atom. The zero-order chi connectivity index (χ0) is 17.3. The summed E-state index contributed by atoms with van der Waals surface area (Å²) in [6.07, 6.45) is 5.49. The molecular weight excluding hydrogens is 359 g/mol. The van der Waals surface area contributed by atoms with Crippen molar-refractivity contribution in [2.24, 2.45) is 23.5 Å². The SMILES string of the molecule is COc1ccc(Cl)cc1CN(C)C(=O)C1CC2CCCC(C1)C2N.Cl. The first kappa shape index (κ1) is 20.3. The molecule has 140 valence electrons. The summed E-state index contributed by atoms with van der Waals surface area (Å²) in [4.78, 5) is 14.7. The van der Waals surface area contributed by atoms with E-state index in [1.54, 1.807) is 13.2 Å². The van der Waals surface area contributed by atoms with Gasteiger partial charge in [-0.3, -0.25) is 4.79 Å². The fourth-order valence-corrected chi connectivity index (χ4v) is 4.70. The van der Waals surface area contributed by atoms with Gasteiger partial charge < -0.3 is 15.4 Å². The van der Waals surface area contributed by atoms with E-state index in [1.165, 1.54) is 19.3 Å². The number of hydrogen-bond acceptors (Lipinski definition) is 3. The molecule has 2 aliphatic carbocycles. The summed E-state index contributed by atoms with van der Waals surface area (Å²) in [6.45, 7) is 0.514. The molecule has 1 aromatic rings. The summed E-state index contributed by atoms with van der Waals surface area (Å²) in [7, 11) is 3.51. The number of amides is 1. The van der Waals surface area contributed by atoms with Gasteiger partial charge in [-0.15, -0.1) is 12.4 Å². The van der Waals surface area contributed by atoms with Crippen molar-refractivity contribution in [2.75, 3.05) is 14.2 Å². The summed E-state index contributed by atoms with van der Waals surface area (Å²) < 4.78 is 5.39. The minimum absolute atomic E-state index is 0. The molecule has 3 rings (SSSR count). The number of carbonyl (C=O) groups is 1. The van der Waals surface area contributed by atoms with E-state index in [0.717, 1.165) is 24.2 Å². The highest BCUT2D eigenvalue weighted by Gasteiger charge is 2.41. The molecule has 0 radical (unpaired) electrons. The van der Waals surface area contributed by atoms with E-state index in [-0.39, 0.29) is 24.2 Å². The summed E-state index contributed by atoms with van der Waals surface area (Å²) in [5.41, 5.74) is 7.28. The minimum atomic E-state index is 0. The number of fused-ring (bicyclic) bond motifs is 2. The van der Waals surface area contributed by atoms with Gasteiger partial charge in [0.1, 0.15) is 5.75 Å². The van der Waals surface area contributed by atoms with Gasteiger partial charge in [-0.25, -0.2) is 0 Å². The van der Waals surface area contributed by atoms with Crippen LogP contribution in [-0.2, 0) is 11.3 Å². The lowest BCUT2D eigenvalue weighted by atomic mass is 9.65. The van der Waals surface area contributed by atoms with Crippen LogP contribution in [0.15, 0.2) is 18.2 Å². The number of methoxy groups -OCH3 is 1. The first-order valence-corrected chi connectivity index (χ1v) is 9.20. The summed E-state index contributed by atoms with van der Waals surface area (Å²) in [5, 5.41) is 0.657. The van der Waals surface area contributed by atoms with E-state index in [0.29, 0.717) is 29.4 Å². The number of nitrogens with two attached hydrogens (primary N) is 1. The zero-order valence-corrected chi connectivity index (χ0v) is 16.5. The molecule has 2 bridgehead atoms. The van der Waals surface area contributed by atoms with Crippen molar-refractivity contribution in [3.05, 3.63) is 28.8 Å². The largest absolute Gasteiger partial charge is 0.496 e. The Balaban J connectivity index is 0.00000225. The van der Waals surface area contributed by atoms with Gasteiger partial charge in [0.2, 0.25) is 5.91 Å². The molecule has 2 aliphatic rings. The lowest BCUT2D eigenvalue weighted by Gasteiger charge is -2.44. The van der Waals surface area contributed by atoms with Crippen LogP contribution < -0.4 is 10.5 Å². The van der Waals surface area contributed by atoms with Crippen LogP contribution in [0.25, 0.3) is 0 Å². The quantitative estimate of drug-likeness (QED) is 0.853. The van der Waals surface area contributed by atoms with E-state index in [4.69, 9.17) is 22.1 Å². The van der Waals surface area contributed by atoms with Gasteiger partial charge in [-0.05, 0) is 55.7 Å². The molecule has 2 fully saturated rings. The van der Waals surface area contributed by atoms with Crippen molar-refractivity contribution in [1.82, 2.24) is 4.90 Å². The average molecular weight is 387 g/mol. The maximum Gasteiger partial charge on any atom is 0.225 e. The second kappa shape index (κ2) is 8.61. The number of benzene rings is 1. The van der Waals surface area contributed by atoms with Crippen LogP contribution in [0.5, 0.6) is 5.75 Å². The predicted molar refractivity (Wildman–Crippen MR) is 103 cm³/mol. The van der Waals surface area contributed by atoms with Gasteiger partial charge in [-0.1, -0.05) is 18.0 Å². The molecule has 2 saturated carbocycles. The molecule has 1 aromatic carbocycles. The lowest BCUT2D eigenvalue weighted by molar-refractivity contribution is -0.137. The van der Waals surface area contributed by atoms with Crippen LogP contribution in [0.2, 0.25) is 5.02 Å². The Labute approximate surface area is 161 Å². The molecule has 0 saturated heterocycles. The van der Waals surface area contributed by atoms with Crippen molar-refractivity contribution >= 4 is 29.9 Å². The third-order valence-electron chi connectivity index (χ3n) is 5.79. The van der Waals surface area contributed by atoms with Crippen molar-refractivity contribution < 1.29 is 9.53 Å². The van der Waals surface area contributed by atoms with E-state index in [1.807, 2.05) is 24.1 Å². The molecule has 0 aliphatic heterocycles. The van der Waals surface area contributed by atoms with Gasteiger partial charge in [0, 0.05) is 36.1 Å². The van der Waals surface area contributed by atoms with Gasteiger partial charge in [-0.2, -0.15) is 0 Å². The molecule has 0 aromatic heterocycles. The Hall–Kier alpha value is -0.970. The van der Waals surface area contributed by atoms with Crippen molar-refractivity contribution in [1.29, 1.82) is 0 Å². The van der Waals surface area contributed by atoms with Crippen LogP contribution in [0.1, 0.15) is 37.7 Å². The molecule has 2 N–H and O–H groups in total. The second-order valence-corrected chi connectivity index (χ2v) is 7.78. The maximum atomic E-state index is 12.9. The van der Waals surface area contributed by atoms with Gasteiger partial charge in [0.05, 0.1) is 7.11 Å². The first-order chi connectivity index (χ1) is 11.5. The standard InChI is InChI=1S/C19H27ClN2O2.ClH/c1-22(11-15-10-16(20)6-7-17(15)24-2)19(23)14-8-12-4-3-5-13(9-14)18(12)21;/h6-7,10,12-14,18H,3-5,8-9,11,21H2,1-2H3;1H. The number of carbonyl (C=O) groups excluding carboxylic acids is 1. The Kier molecular flexibility index (Phi) is 7.01. The van der Waals surface area contributed by atoms with Crippen LogP contribution in [0.3, 0.4) is 0 Å². The number of rotatable bonds is 4. The highest BCUT2D eigenvalue weighted by molar-refractivity contribution is 6.30. The zero-order valence-electron chi connectivity index (χ0n) is 14.9. The minimum Gasteiger partial charge on any atom is -0.496 e. The third kappa shape index (κ3) is 4.42. The molecule has 0 heterocycles. The predicted octanol–water partition coefficient (Wildman–Crippen LogP) is 3.88. The van der Waals surface area contributed by atoms with E-state index in [2.05, 4.69) is 0 Å². The van der Waals surface area contributed by atoms with Crippen molar-refractivity contribution in [3.8, 4) is 5.75 Å². The van der Waals surface area contributed by atoms with Crippen molar-refractivity contribution in [2.45, 2.75) is 44.7 Å². The molecule has 2 atom stereocenters. The molecule has 6 heteroatoms. The monoisotopic (exact) mass is 386 g/mol. The molecule has 4 nitrogen and oxygen atoms in total. The summed E-state index contributed by atoms with van der Waals surface area (Å²) in [6, 6.07) is 5.81. The van der Waals surface area contributed by atoms with Crippen LogP contribution in [0, 0.1) is 17.8 Å².